The fraction of sp³-hybridized carbons (Fsp3) is 0.333. The maximum absolute atomic E-state index is 12.0. The smallest absolute Gasteiger partial charge is 0.251 e. The number of amides is 1. The van der Waals surface area contributed by atoms with E-state index in [0.29, 0.717) is 16.9 Å². The number of aliphatic hydroxyl groups is 1. The van der Waals surface area contributed by atoms with Gasteiger partial charge in [-0.1, -0.05) is 0 Å². The van der Waals surface area contributed by atoms with Crippen molar-refractivity contribution in [3.05, 3.63) is 47.8 Å². The highest BCUT2D eigenvalue weighted by molar-refractivity contribution is 5.94. The first-order chi connectivity index (χ1) is 9.92. The first-order valence-corrected chi connectivity index (χ1v) is 6.56. The van der Waals surface area contributed by atoms with Crippen LogP contribution in [0.25, 0.3) is 0 Å². The summed E-state index contributed by atoms with van der Waals surface area (Å²) in [7, 11) is 3.34. The molecular weight excluding hydrogens is 270 g/mol. The number of hydrogen-bond acceptors (Lipinski definition) is 4. The number of rotatable bonds is 5. The van der Waals surface area contributed by atoms with Crippen LogP contribution in [0.2, 0.25) is 0 Å². The molecule has 1 heterocycles. The summed E-state index contributed by atoms with van der Waals surface area (Å²) >= 11 is 0. The predicted octanol–water partition coefficient (Wildman–Crippen LogP) is 1.07. The highest BCUT2D eigenvalue weighted by Gasteiger charge is 2.25. The lowest BCUT2D eigenvalue weighted by atomic mass is 9.99. The number of hydrogen-bond donors (Lipinski definition) is 2. The molecule has 0 saturated heterocycles. The van der Waals surface area contributed by atoms with Gasteiger partial charge < -0.3 is 15.2 Å². The van der Waals surface area contributed by atoms with Gasteiger partial charge in [0.25, 0.3) is 5.91 Å². The largest absolute Gasteiger partial charge is 0.497 e. The van der Waals surface area contributed by atoms with Gasteiger partial charge in [-0.2, -0.15) is 5.10 Å². The Kier molecular flexibility index (Phi) is 4.28. The van der Waals surface area contributed by atoms with Crippen LogP contribution >= 0.6 is 0 Å². The number of methoxy groups -OCH3 is 1. The molecule has 0 saturated carbocycles. The normalized spacial score (nSPS) is 13.5. The molecule has 6 heteroatoms. The van der Waals surface area contributed by atoms with Crippen LogP contribution in [0.4, 0.5) is 0 Å². The Morgan fingerprint density at radius 3 is 2.62 bits per heavy atom. The molecule has 0 bridgehead atoms. The maximum atomic E-state index is 12.0. The molecule has 1 atom stereocenters. The molecule has 1 aromatic heterocycles. The second-order valence-electron chi connectivity index (χ2n) is 5.09. The van der Waals surface area contributed by atoms with Crippen molar-refractivity contribution in [2.75, 3.05) is 13.7 Å². The predicted molar refractivity (Wildman–Crippen MR) is 78.1 cm³/mol. The Balaban J connectivity index is 1.99. The zero-order valence-electron chi connectivity index (χ0n) is 12.3. The van der Waals surface area contributed by atoms with Crippen LogP contribution in [0.1, 0.15) is 22.8 Å². The number of carbonyl (C=O) groups excluding carboxylic acids is 1. The summed E-state index contributed by atoms with van der Waals surface area (Å²) < 4.78 is 6.65. The van der Waals surface area contributed by atoms with Crippen molar-refractivity contribution >= 4 is 5.91 Å². The summed E-state index contributed by atoms with van der Waals surface area (Å²) in [6.45, 7) is 1.74. The lowest BCUT2D eigenvalue weighted by Crippen LogP contribution is -2.38. The molecule has 2 aromatic rings. The van der Waals surface area contributed by atoms with Crippen molar-refractivity contribution in [2.45, 2.75) is 12.5 Å². The highest BCUT2D eigenvalue weighted by atomic mass is 16.5. The molecule has 0 radical (unpaired) electrons. The van der Waals surface area contributed by atoms with Gasteiger partial charge in [0, 0.05) is 24.4 Å². The van der Waals surface area contributed by atoms with Crippen LogP contribution in [-0.2, 0) is 12.6 Å². The Labute approximate surface area is 123 Å². The SMILES string of the molecule is COc1ccc(C(=O)NCC(C)(O)c2cnn(C)c2)cc1. The molecule has 21 heavy (non-hydrogen) atoms. The number of carbonyl (C=O) groups is 1. The number of benzene rings is 1. The minimum absolute atomic E-state index is 0.101. The van der Waals surface area contributed by atoms with Gasteiger partial charge in [-0.05, 0) is 31.2 Å². The molecule has 1 unspecified atom stereocenters. The van der Waals surface area contributed by atoms with E-state index >= 15 is 0 Å². The minimum Gasteiger partial charge on any atom is -0.497 e. The molecule has 0 aliphatic heterocycles. The summed E-state index contributed by atoms with van der Waals surface area (Å²) in [4.78, 5) is 12.0. The average Bonchev–Trinajstić information content (AvgIpc) is 2.92. The fourth-order valence-electron chi connectivity index (χ4n) is 1.90. The van der Waals surface area contributed by atoms with Crippen molar-refractivity contribution in [2.24, 2.45) is 7.05 Å². The van der Waals surface area contributed by atoms with Gasteiger partial charge in [-0.15, -0.1) is 0 Å². The van der Waals surface area contributed by atoms with E-state index in [9.17, 15) is 9.90 Å². The van der Waals surface area contributed by atoms with E-state index in [2.05, 4.69) is 10.4 Å². The monoisotopic (exact) mass is 289 g/mol. The van der Waals surface area contributed by atoms with Crippen molar-refractivity contribution in [1.29, 1.82) is 0 Å². The topological polar surface area (TPSA) is 76.4 Å². The van der Waals surface area contributed by atoms with Crippen LogP contribution in [0.3, 0.4) is 0 Å². The third-order valence-electron chi connectivity index (χ3n) is 3.27. The van der Waals surface area contributed by atoms with Gasteiger partial charge in [0.1, 0.15) is 11.4 Å². The summed E-state index contributed by atoms with van der Waals surface area (Å²) in [6, 6.07) is 6.78. The molecule has 0 spiro atoms. The third-order valence-corrected chi connectivity index (χ3v) is 3.27. The van der Waals surface area contributed by atoms with E-state index in [1.807, 2.05) is 0 Å². The fourth-order valence-corrected chi connectivity index (χ4v) is 1.90. The first-order valence-electron chi connectivity index (χ1n) is 6.56. The second kappa shape index (κ2) is 5.97. The number of ether oxygens (including phenoxy) is 1. The van der Waals surface area contributed by atoms with Crippen LogP contribution < -0.4 is 10.1 Å². The van der Waals surface area contributed by atoms with Gasteiger partial charge in [-0.3, -0.25) is 9.48 Å². The van der Waals surface area contributed by atoms with Crippen LogP contribution in [0.5, 0.6) is 5.75 Å². The summed E-state index contributed by atoms with van der Waals surface area (Å²) in [5, 5.41) is 17.1. The number of aromatic nitrogens is 2. The average molecular weight is 289 g/mol. The third kappa shape index (κ3) is 3.61. The molecule has 112 valence electrons. The van der Waals surface area contributed by atoms with Crippen molar-refractivity contribution in [1.82, 2.24) is 15.1 Å². The van der Waals surface area contributed by atoms with Gasteiger partial charge in [-0.25, -0.2) is 0 Å². The summed E-state index contributed by atoms with van der Waals surface area (Å²) in [5.41, 5.74) is -0.00560. The van der Waals surface area contributed by atoms with Gasteiger partial charge in [0.2, 0.25) is 0 Å². The number of nitrogens with one attached hydrogen (secondary N) is 1. The zero-order valence-corrected chi connectivity index (χ0v) is 12.3. The van der Waals surface area contributed by atoms with Crippen LogP contribution in [-0.4, -0.2) is 34.4 Å². The Morgan fingerprint density at radius 1 is 1.43 bits per heavy atom. The molecule has 0 aliphatic rings. The molecule has 0 fully saturated rings. The quantitative estimate of drug-likeness (QED) is 0.863. The molecule has 2 N–H and O–H groups in total. The number of aryl methyl sites for hydroxylation is 1. The zero-order chi connectivity index (χ0) is 15.5. The molecule has 1 amide bonds. The molecule has 6 nitrogen and oxygen atoms in total. The van der Waals surface area contributed by atoms with E-state index in [1.54, 1.807) is 62.4 Å². The second-order valence-corrected chi connectivity index (χ2v) is 5.09. The summed E-state index contributed by atoms with van der Waals surface area (Å²) in [5.74, 6) is 0.440. The van der Waals surface area contributed by atoms with Crippen molar-refractivity contribution < 1.29 is 14.6 Å². The minimum atomic E-state index is -1.17. The standard InChI is InChI=1S/C15H19N3O3/c1-15(20,12-8-17-18(2)9-12)10-16-14(19)11-4-6-13(21-3)7-5-11/h4-9,20H,10H2,1-3H3,(H,16,19). The summed E-state index contributed by atoms with van der Waals surface area (Å²) in [6.07, 6.45) is 3.30. The van der Waals surface area contributed by atoms with Crippen molar-refractivity contribution in [3.63, 3.8) is 0 Å². The van der Waals surface area contributed by atoms with E-state index in [0.717, 1.165) is 0 Å². The molecule has 2 rings (SSSR count). The number of nitrogens with zero attached hydrogens (tertiary/aromatic N) is 2. The molecular formula is C15H19N3O3. The Hall–Kier alpha value is -2.34. The molecule has 0 aliphatic carbocycles. The van der Waals surface area contributed by atoms with Gasteiger partial charge in [0.05, 0.1) is 19.9 Å². The van der Waals surface area contributed by atoms with E-state index in [-0.39, 0.29) is 12.5 Å². The first kappa shape index (κ1) is 15.1. The Morgan fingerprint density at radius 2 is 2.10 bits per heavy atom. The van der Waals surface area contributed by atoms with E-state index in [4.69, 9.17) is 4.74 Å². The lowest BCUT2D eigenvalue weighted by molar-refractivity contribution is 0.0526. The lowest BCUT2D eigenvalue weighted by Gasteiger charge is -2.22. The van der Waals surface area contributed by atoms with Gasteiger partial charge in [0.15, 0.2) is 0 Å². The van der Waals surface area contributed by atoms with E-state index in [1.165, 1.54) is 0 Å². The molecule has 1 aromatic carbocycles. The van der Waals surface area contributed by atoms with Crippen LogP contribution in [0, 0.1) is 0 Å². The van der Waals surface area contributed by atoms with Gasteiger partial charge >= 0.3 is 0 Å². The maximum Gasteiger partial charge on any atom is 0.251 e. The Bertz CT molecular complexity index is 617. The van der Waals surface area contributed by atoms with E-state index < -0.39 is 5.60 Å². The highest BCUT2D eigenvalue weighted by Crippen LogP contribution is 2.19. The van der Waals surface area contributed by atoms with Crippen LogP contribution in [0.15, 0.2) is 36.7 Å². The van der Waals surface area contributed by atoms with Crippen molar-refractivity contribution in [3.8, 4) is 5.75 Å².